The van der Waals surface area contributed by atoms with E-state index in [-0.39, 0.29) is 34.6 Å². The van der Waals surface area contributed by atoms with Crippen molar-refractivity contribution in [2.24, 2.45) is 23.7 Å². The van der Waals surface area contributed by atoms with Gasteiger partial charge in [0.1, 0.15) is 6.10 Å². The molecule has 1 saturated heterocycles. The number of carbonyl (C=O) groups excluding carboxylic acids is 3. The first-order chi connectivity index (χ1) is 11.1. The first-order valence-electron chi connectivity index (χ1n) is 7.42. The van der Waals surface area contributed by atoms with E-state index in [4.69, 9.17) is 4.74 Å². The van der Waals surface area contributed by atoms with Crippen LogP contribution in [-0.4, -0.2) is 33.7 Å². The molecule has 2 amide bonds. The predicted molar refractivity (Wildman–Crippen MR) is 81.0 cm³/mol. The minimum absolute atomic E-state index is 0.00171. The minimum atomic E-state index is -0.464. The molecule has 120 valence electrons. The van der Waals surface area contributed by atoms with Crippen molar-refractivity contribution in [3.63, 3.8) is 0 Å². The molecule has 23 heavy (non-hydrogen) atoms. The van der Waals surface area contributed by atoms with Gasteiger partial charge in [-0.25, -0.2) is 0 Å². The lowest BCUT2D eigenvalue weighted by atomic mass is 9.79. The molecule has 0 spiro atoms. The summed E-state index contributed by atoms with van der Waals surface area (Å²) in [5, 5.41) is 0. The van der Waals surface area contributed by atoms with Gasteiger partial charge in [-0.3, -0.25) is 30.2 Å². The Morgan fingerprint density at radius 3 is 2.70 bits per heavy atom. The molecule has 2 heterocycles. The van der Waals surface area contributed by atoms with Crippen molar-refractivity contribution in [1.29, 1.82) is 0 Å². The molecule has 2 aliphatic carbocycles. The van der Waals surface area contributed by atoms with Gasteiger partial charge in [-0.05, 0) is 24.5 Å². The molecule has 3 fully saturated rings. The van der Waals surface area contributed by atoms with Gasteiger partial charge in [0.2, 0.25) is 5.91 Å². The average Bonchev–Trinajstić information content (AvgIpc) is 3.17. The molecule has 1 aliphatic heterocycles. The maximum Gasteiger partial charge on any atom is 0.310 e. The van der Waals surface area contributed by atoms with E-state index in [0.717, 1.165) is 6.42 Å². The highest BCUT2D eigenvalue weighted by Gasteiger charge is 2.67. The van der Waals surface area contributed by atoms with Gasteiger partial charge >= 0.3 is 5.97 Å². The molecular weight excluding hydrogens is 366 g/mol. The number of halogens is 1. The summed E-state index contributed by atoms with van der Waals surface area (Å²) in [5.74, 6) is -1.77. The smallest absolute Gasteiger partial charge is 0.310 e. The molecule has 2 N–H and O–H groups in total. The molecule has 7 nitrogen and oxygen atoms in total. The van der Waals surface area contributed by atoms with Crippen LogP contribution in [0.1, 0.15) is 16.8 Å². The molecule has 6 atom stereocenters. The van der Waals surface area contributed by atoms with E-state index in [1.807, 2.05) is 0 Å². The highest BCUT2D eigenvalue weighted by molar-refractivity contribution is 9.09. The second-order valence-electron chi connectivity index (χ2n) is 6.14. The van der Waals surface area contributed by atoms with Gasteiger partial charge in [0.05, 0.1) is 16.7 Å². The number of pyridine rings is 1. The summed E-state index contributed by atoms with van der Waals surface area (Å²) in [4.78, 5) is 40.3. The average molecular weight is 380 g/mol. The number of nitrogens with zero attached hydrogens (tertiary/aromatic N) is 1. The third kappa shape index (κ3) is 2.15. The van der Waals surface area contributed by atoms with Crippen molar-refractivity contribution in [2.75, 3.05) is 0 Å². The van der Waals surface area contributed by atoms with Gasteiger partial charge in [0.15, 0.2) is 0 Å². The number of hydrogen-bond acceptors (Lipinski definition) is 5. The molecule has 2 bridgehead atoms. The van der Waals surface area contributed by atoms with Crippen LogP contribution in [0.3, 0.4) is 0 Å². The number of rotatable bonds is 2. The van der Waals surface area contributed by atoms with Gasteiger partial charge in [-0.1, -0.05) is 15.9 Å². The quantitative estimate of drug-likeness (QED) is 0.440. The van der Waals surface area contributed by atoms with Crippen LogP contribution in [0.15, 0.2) is 24.5 Å². The number of ether oxygens (including phenoxy) is 1. The number of amides is 2. The Hall–Kier alpha value is -1.96. The maximum absolute atomic E-state index is 12.5. The van der Waals surface area contributed by atoms with Crippen molar-refractivity contribution in [3.8, 4) is 0 Å². The van der Waals surface area contributed by atoms with Gasteiger partial charge in [0.25, 0.3) is 5.91 Å². The molecule has 8 heteroatoms. The third-order valence-electron chi connectivity index (χ3n) is 5.07. The van der Waals surface area contributed by atoms with Gasteiger partial charge in [-0.2, -0.15) is 0 Å². The number of hydrogen-bond donors (Lipinski definition) is 2. The first kappa shape index (κ1) is 14.6. The third-order valence-corrected chi connectivity index (χ3v) is 6.27. The fourth-order valence-corrected chi connectivity index (χ4v) is 5.15. The fourth-order valence-electron chi connectivity index (χ4n) is 4.11. The van der Waals surface area contributed by atoms with Gasteiger partial charge in [0, 0.05) is 23.9 Å². The summed E-state index contributed by atoms with van der Waals surface area (Å²) >= 11 is 3.55. The van der Waals surface area contributed by atoms with Crippen LogP contribution in [0.5, 0.6) is 0 Å². The molecular formula is C15H14BrN3O4. The van der Waals surface area contributed by atoms with E-state index >= 15 is 0 Å². The lowest BCUT2D eigenvalue weighted by Crippen LogP contribution is -2.49. The second-order valence-corrected chi connectivity index (χ2v) is 7.20. The number of hydrazine groups is 1. The zero-order chi connectivity index (χ0) is 16.1. The van der Waals surface area contributed by atoms with E-state index in [0.29, 0.717) is 5.56 Å². The van der Waals surface area contributed by atoms with Crippen molar-refractivity contribution < 1.29 is 19.1 Å². The summed E-state index contributed by atoms with van der Waals surface area (Å²) in [6.45, 7) is 0. The molecule has 4 rings (SSSR count). The van der Waals surface area contributed by atoms with E-state index in [2.05, 4.69) is 31.8 Å². The van der Waals surface area contributed by atoms with Crippen LogP contribution < -0.4 is 10.9 Å². The largest absolute Gasteiger partial charge is 0.461 e. The molecule has 0 unspecified atom stereocenters. The van der Waals surface area contributed by atoms with Crippen LogP contribution in [0.2, 0.25) is 0 Å². The summed E-state index contributed by atoms with van der Waals surface area (Å²) < 4.78 is 5.37. The van der Waals surface area contributed by atoms with E-state index in [9.17, 15) is 14.4 Å². The normalized spacial score (nSPS) is 36.7. The van der Waals surface area contributed by atoms with Crippen LogP contribution in [-0.2, 0) is 14.3 Å². The fraction of sp³-hybridized carbons (Fsp3) is 0.467. The summed E-state index contributed by atoms with van der Waals surface area (Å²) in [6, 6.07) is 3.10. The van der Waals surface area contributed by atoms with Gasteiger partial charge < -0.3 is 4.74 Å². The minimum Gasteiger partial charge on any atom is -0.461 e. The molecule has 0 radical (unpaired) electrons. The van der Waals surface area contributed by atoms with E-state index < -0.39 is 17.7 Å². The molecule has 0 aromatic carbocycles. The Morgan fingerprint density at radius 2 is 1.96 bits per heavy atom. The lowest BCUT2D eigenvalue weighted by molar-refractivity contribution is -0.146. The predicted octanol–water partition coefficient (Wildman–Crippen LogP) is 0.414. The van der Waals surface area contributed by atoms with Crippen molar-refractivity contribution in [2.45, 2.75) is 17.4 Å². The number of alkyl halides is 1. The van der Waals surface area contributed by atoms with Crippen molar-refractivity contribution >= 4 is 33.7 Å². The first-order valence-corrected chi connectivity index (χ1v) is 8.34. The Bertz CT molecular complexity index is 683. The molecule has 2 saturated carbocycles. The van der Waals surface area contributed by atoms with Crippen molar-refractivity contribution in [1.82, 2.24) is 15.8 Å². The zero-order valence-corrected chi connectivity index (χ0v) is 13.5. The summed E-state index contributed by atoms with van der Waals surface area (Å²) in [7, 11) is 0. The van der Waals surface area contributed by atoms with Crippen LogP contribution in [0.25, 0.3) is 0 Å². The van der Waals surface area contributed by atoms with Crippen molar-refractivity contribution in [3.05, 3.63) is 30.1 Å². The van der Waals surface area contributed by atoms with E-state index in [1.54, 1.807) is 12.1 Å². The van der Waals surface area contributed by atoms with E-state index in [1.165, 1.54) is 12.4 Å². The number of nitrogens with one attached hydrogen (secondary N) is 2. The highest BCUT2D eigenvalue weighted by Crippen LogP contribution is 2.59. The summed E-state index contributed by atoms with van der Waals surface area (Å²) in [5.41, 5.74) is 5.23. The zero-order valence-electron chi connectivity index (χ0n) is 11.9. The Balaban J connectivity index is 1.44. The Kier molecular flexibility index (Phi) is 3.37. The number of esters is 1. The topological polar surface area (TPSA) is 97.4 Å². The maximum atomic E-state index is 12.5. The standard InChI is InChI=1S/C15H14BrN3O4/c16-11-7-5-8-10(15(22)23-12(8)11)9(7)14(21)19-18-13(20)6-1-3-17-4-2-6/h1-4,7-12H,5H2,(H,18,20)(H,19,21)/t7-,8-,9-,10-,11-,12+/m1/s1. The van der Waals surface area contributed by atoms with Crippen LogP contribution in [0.4, 0.5) is 0 Å². The van der Waals surface area contributed by atoms with Gasteiger partial charge in [-0.15, -0.1) is 0 Å². The number of aromatic nitrogens is 1. The van der Waals surface area contributed by atoms with Crippen LogP contribution in [0, 0.1) is 23.7 Å². The second kappa shape index (κ2) is 5.30. The lowest BCUT2D eigenvalue weighted by Gasteiger charge is -2.27. The number of carbonyl (C=O) groups is 3. The molecule has 1 aromatic rings. The SMILES string of the molecule is O=C(NNC(=O)[C@@H]1[C@H]2C[C@H]3[C@H](OC(=O)[C@H]31)[C@@H]2Br)c1ccncc1. The number of fused-ring (bicyclic) bond motifs is 1. The molecule has 1 aromatic heterocycles. The van der Waals surface area contributed by atoms with Crippen LogP contribution >= 0.6 is 15.9 Å². The Labute approximate surface area is 140 Å². The molecule has 3 aliphatic rings. The monoisotopic (exact) mass is 379 g/mol. The Morgan fingerprint density at radius 1 is 1.22 bits per heavy atom. The summed E-state index contributed by atoms with van der Waals surface area (Å²) in [6.07, 6.45) is 3.67. The highest BCUT2D eigenvalue weighted by atomic mass is 79.9.